The number of halogens is 1. The molecule has 0 N–H and O–H groups in total. The zero-order valence-electron chi connectivity index (χ0n) is 6.50. The highest BCUT2D eigenvalue weighted by atomic mass is 19.1. The minimum Gasteiger partial charge on any atom is -0.264 e. The van der Waals surface area contributed by atoms with E-state index < -0.39 is 12.2 Å². The van der Waals surface area contributed by atoms with Crippen molar-refractivity contribution in [3.63, 3.8) is 0 Å². The molecule has 0 spiro atoms. The van der Waals surface area contributed by atoms with Crippen LogP contribution in [0.25, 0.3) is 0 Å². The maximum Gasteiger partial charge on any atom is 0.213 e. The highest BCUT2D eigenvalue weighted by molar-refractivity contribution is 4.76. The summed E-state index contributed by atoms with van der Waals surface area (Å²) >= 11 is 0. The third-order valence-corrected chi connectivity index (χ3v) is 2.34. The lowest BCUT2D eigenvalue weighted by atomic mass is 9.86. The Balaban J connectivity index is 2.46. The van der Waals surface area contributed by atoms with E-state index in [1.165, 1.54) is 0 Å². The van der Waals surface area contributed by atoms with Gasteiger partial charge < -0.3 is 0 Å². The van der Waals surface area contributed by atoms with E-state index in [0.717, 1.165) is 0 Å². The molecule has 3 unspecified atom stereocenters. The molecule has 1 saturated carbocycles. The summed E-state index contributed by atoms with van der Waals surface area (Å²) in [6.07, 6.45) is 0.325. The Labute approximate surface area is 64.7 Å². The van der Waals surface area contributed by atoms with Crippen LogP contribution in [0.1, 0.15) is 26.2 Å². The van der Waals surface area contributed by atoms with Crippen molar-refractivity contribution in [2.75, 3.05) is 0 Å². The molecule has 1 fully saturated rings. The summed E-state index contributed by atoms with van der Waals surface area (Å²) < 4.78 is 12.8. The predicted octanol–water partition coefficient (Wildman–Crippen LogP) is 1.79. The van der Waals surface area contributed by atoms with E-state index in [-0.39, 0.29) is 10.8 Å². The molecule has 4 heteroatoms. The summed E-state index contributed by atoms with van der Waals surface area (Å²) in [5, 5.41) is 10.3. The highest BCUT2D eigenvalue weighted by Crippen LogP contribution is 2.27. The summed E-state index contributed by atoms with van der Waals surface area (Å²) in [6, 6.07) is -0.503. The molecule has 0 radical (unpaired) electrons. The first-order valence-electron chi connectivity index (χ1n) is 3.89. The maximum atomic E-state index is 12.8. The summed E-state index contributed by atoms with van der Waals surface area (Å²) in [6.45, 7) is 1.74. The molecule has 3 nitrogen and oxygen atoms in total. The number of rotatable bonds is 1. The highest BCUT2D eigenvalue weighted by Gasteiger charge is 2.33. The average Bonchev–Trinajstić information content (AvgIpc) is 1.94. The van der Waals surface area contributed by atoms with E-state index >= 15 is 0 Å². The van der Waals surface area contributed by atoms with Crippen LogP contribution in [0.5, 0.6) is 0 Å². The first-order chi connectivity index (χ1) is 5.11. The van der Waals surface area contributed by atoms with Gasteiger partial charge in [-0.1, -0.05) is 6.92 Å². The van der Waals surface area contributed by atoms with Crippen LogP contribution in [0.15, 0.2) is 0 Å². The fourth-order valence-electron chi connectivity index (χ4n) is 1.52. The molecule has 64 valence electrons. The van der Waals surface area contributed by atoms with Gasteiger partial charge in [-0.05, 0) is 12.3 Å². The largest absolute Gasteiger partial charge is 0.264 e. The van der Waals surface area contributed by atoms with Crippen LogP contribution in [0, 0.1) is 16.0 Å². The molecule has 11 heavy (non-hydrogen) atoms. The fraction of sp³-hybridized carbons (Fsp3) is 1.00. The van der Waals surface area contributed by atoms with Gasteiger partial charge in [0.05, 0.1) is 0 Å². The minimum atomic E-state index is -0.828. The summed E-state index contributed by atoms with van der Waals surface area (Å²) in [4.78, 5) is 10.0. The maximum absolute atomic E-state index is 12.8. The van der Waals surface area contributed by atoms with Crippen molar-refractivity contribution in [2.45, 2.75) is 38.4 Å². The van der Waals surface area contributed by atoms with Gasteiger partial charge in [0.1, 0.15) is 6.17 Å². The molecule has 1 rings (SSSR count). The molecular formula is C7H12FNO2. The number of hydrogen-bond donors (Lipinski definition) is 0. The summed E-state index contributed by atoms with van der Waals surface area (Å²) in [7, 11) is 0. The van der Waals surface area contributed by atoms with E-state index in [0.29, 0.717) is 19.3 Å². The molecule has 1 aliphatic carbocycles. The van der Waals surface area contributed by atoms with Gasteiger partial charge in [0.15, 0.2) is 0 Å². The lowest BCUT2D eigenvalue weighted by Crippen LogP contribution is -2.32. The quantitative estimate of drug-likeness (QED) is 0.434. The first-order valence-corrected chi connectivity index (χ1v) is 3.89. The second kappa shape index (κ2) is 3.15. The van der Waals surface area contributed by atoms with E-state index in [2.05, 4.69) is 0 Å². The molecule has 0 aromatic carbocycles. The monoisotopic (exact) mass is 161 g/mol. The van der Waals surface area contributed by atoms with Crippen LogP contribution in [-0.4, -0.2) is 17.1 Å². The number of hydrogen-bond acceptors (Lipinski definition) is 2. The van der Waals surface area contributed by atoms with E-state index in [1.54, 1.807) is 6.92 Å². The van der Waals surface area contributed by atoms with Crippen molar-refractivity contribution in [2.24, 2.45) is 5.92 Å². The molecule has 0 amide bonds. The van der Waals surface area contributed by atoms with Gasteiger partial charge in [-0.25, -0.2) is 4.39 Å². The van der Waals surface area contributed by atoms with Gasteiger partial charge in [-0.2, -0.15) is 0 Å². The van der Waals surface area contributed by atoms with Gasteiger partial charge in [-0.3, -0.25) is 10.1 Å². The summed E-state index contributed by atoms with van der Waals surface area (Å²) in [5.41, 5.74) is 0. The lowest BCUT2D eigenvalue weighted by Gasteiger charge is -2.24. The van der Waals surface area contributed by atoms with Crippen molar-refractivity contribution in [3.8, 4) is 0 Å². The Hall–Kier alpha value is -0.670. The van der Waals surface area contributed by atoms with Gasteiger partial charge in [-0.15, -0.1) is 0 Å². The van der Waals surface area contributed by atoms with Crippen LogP contribution >= 0.6 is 0 Å². The normalized spacial score (nSPS) is 38.5. The Kier molecular flexibility index (Phi) is 2.42. The van der Waals surface area contributed by atoms with Crippen LogP contribution < -0.4 is 0 Å². The Bertz CT molecular complexity index is 163. The van der Waals surface area contributed by atoms with Crippen LogP contribution in [-0.2, 0) is 0 Å². The van der Waals surface area contributed by atoms with Crippen molar-refractivity contribution in [3.05, 3.63) is 10.1 Å². The van der Waals surface area contributed by atoms with Crippen molar-refractivity contribution < 1.29 is 9.31 Å². The SMILES string of the molecule is CC1CC([N+](=O)[O-])CCC1F. The van der Waals surface area contributed by atoms with Gasteiger partial charge >= 0.3 is 0 Å². The number of nitrogens with zero attached hydrogens (tertiary/aromatic N) is 1. The lowest BCUT2D eigenvalue weighted by molar-refractivity contribution is -0.528. The van der Waals surface area contributed by atoms with Crippen molar-refractivity contribution in [1.29, 1.82) is 0 Å². The second-order valence-corrected chi connectivity index (χ2v) is 3.25. The Morgan fingerprint density at radius 3 is 2.64 bits per heavy atom. The van der Waals surface area contributed by atoms with Gasteiger partial charge in [0.25, 0.3) is 0 Å². The molecular weight excluding hydrogens is 149 g/mol. The van der Waals surface area contributed by atoms with E-state index in [4.69, 9.17) is 0 Å². The third kappa shape index (κ3) is 1.88. The van der Waals surface area contributed by atoms with Gasteiger partial charge in [0, 0.05) is 17.8 Å². The molecule has 3 atom stereocenters. The molecule has 0 aliphatic heterocycles. The van der Waals surface area contributed by atoms with Crippen LogP contribution in [0.2, 0.25) is 0 Å². The summed E-state index contributed by atoms with van der Waals surface area (Å²) in [5.74, 6) is -0.140. The molecule has 0 bridgehead atoms. The van der Waals surface area contributed by atoms with Crippen LogP contribution in [0.4, 0.5) is 4.39 Å². The second-order valence-electron chi connectivity index (χ2n) is 3.25. The average molecular weight is 161 g/mol. The zero-order valence-corrected chi connectivity index (χ0v) is 6.50. The first kappa shape index (κ1) is 8.43. The Morgan fingerprint density at radius 1 is 1.55 bits per heavy atom. The molecule has 0 aromatic heterocycles. The number of nitro groups is 1. The zero-order chi connectivity index (χ0) is 8.43. The van der Waals surface area contributed by atoms with Crippen LogP contribution in [0.3, 0.4) is 0 Å². The predicted molar refractivity (Wildman–Crippen MR) is 38.7 cm³/mol. The number of alkyl halides is 1. The van der Waals surface area contributed by atoms with E-state index in [1.807, 2.05) is 0 Å². The third-order valence-electron chi connectivity index (χ3n) is 2.34. The van der Waals surface area contributed by atoms with Crippen molar-refractivity contribution >= 4 is 0 Å². The van der Waals surface area contributed by atoms with Crippen molar-refractivity contribution in [1.82, 2.24) is 0 Å². The molecule has 0 heterocycles. The fourth-order valence-corrected chi connectivity index (χ4v) is 1.52. The molecule has 0 saturated heterocycles. The molecule has 0 aromatic rings. The minimum absolute atomic E-state index is 0.140. The topological polar surface area (TPSA) is 43.1 Å². The van der Waals surface area contributed by atoms with E-state index in [9.17, 15) is 14.5 Å². The molecule has 1 aliphatic rings. The Morgan fingerprint density at radius 2 is 2.18 bits per heavy atom. The smallest absolute Gasteiger partial charge is 0.213 e. The standard InChI is InChI=1S/C7H12FNO2/c1-5-4-6(9(10)11)2-3-7(5)8/h5-7H,2-4H2,1H3. The van der Waals surface area contributed by atoms with Gasteiger partial charge in [0.2, 0.25) is 6.04 Å².